The van der Waals surface area contributed by atoms with E-state index >= 15 is 4.39 Å². The number of methoxy groups -OCH3 is 2. The molecule has 48 heavy (non-hydrogen) atoms. The van der Waals surface area contributed by atoms with Crippen LogP contribution in [0.25, 0.3) is 0 Å². The fraction of sp³-hybridized carbons (Fsp3) is 0.297. The van der Waals surface area contributed by atoms with E-state index in [2.05, 4.69) is 5.32 Å². The van der Waals surface area contributed by atoms with Gasteiger partial charge in [0, 0.05) is 30.6 Å². The highest BCUT2D eigenvalue weighted by Crippen LogP contribution is 2.34. The van der Waals surface area contributed by atoms with Gasteiger partial charge < -0.3 is 19.7 Å². The molecule has 0 aliphatic rings. The number of rotatable bonds is 15. The largest absolute Gasteiger partial charge is 0.493 e. The predicted octanol–water partition coefficient (Wildman–Crippen LogP) is 5.90. The van der Waals surface area contributed by atoms with E-state index in [1.807, 2.05) is 51.1 Å². The van der Waals surface area contributed by atoms with Crippen molar-refractivity contribution >= 4 is 27.5 Å². The third-order valence-electron chi connectivity index (χ3n) is 8.11. The van der Waals surface area contributed by atoms with Crippen LogP contribution in [0.3, 0.4) is 0 Å². The lowest BCUT2D eigenvalue weighted by atomic mass is 10.0. The number of anilines is 1. The molecule has 9 nitrogen and oxygen atoms in total. The Morgan fingerprint density at radius 3 is 2.15 bits per heavy atom. The summed E-state index contributed by atoms with van der Waals surface area (Å²) in [6.45, 7) is 4.65. The molecule has 0 bridgehead atoms. The first-order valence-electron chi connectivity index (χ1n) is 15.7. The van der Waals surface area contributed by atoms with Crippen LogP contribution in [0.4, 0.5) is 10.1 Å². The van der Waals surface area contributed by atoms with Crippen LogP contribution in [0.15, 0.2) is 102 Å². The maximum absolute atomic E-state index is 15.1. The standard InChI is InChI=1S/C37H42FN3O6S/c1-6-27(3)39-37(43)33(22-28-12-8-7-9-13-28)40(24-29-14-10-11-15-32(29)38)36(42)25-41(30-18-21-34(46-4)35(23-30)47-5)48(44,45)31-19-16-26(2)17-20-31/h7-21,23,27,33H,6,22,24-25H2,1-5H3,(H,39,43)/t27-,33-/m1/s1. The molecule has 0 heterocycles. The molecular weight excluding hydrogens is 633 g/mol. The smallest absolute Gasteiger partial charge is 0.264 e. The molecule has 254 valence electrons. The summed E-state index contributed by atoms with van der Waals surface area (Å²) in [7, 11) is -1.46. The van der Waals surface area contributed by atoms with Crippen molar-refractivity contribution < 1.29 is 31.9 Å². The third kappa shape index (κ3) is 8.71. The second-order valence-electron chi connectivity index (χ2n) is 11.5. The number of ether oxygens (including phenoxy) is 2. The summed E-state index contributed by atoms with van der Waals surface area (Å²) >= 11 is 0. The van der Waals surface area contributed by atoms with Gasteiger partial charge >= 0.3 is 0 Å². The summed E-state index contributed by atoms with van der Waals surface area (Å²) in [6.07, 6.45) is 0.761. The number of halogens is 1. The zero-order chi connectivity index (χ0) is 34.8. The zero-order valence-corrected chi connectivity index (χ0v) is 28.7. The minimum atomic E-state index is -4.34. The van der Waals surface area contributed by atoms with Crippen molar-refractivity contribution in [3.63, 3.8) is 0 Å². The highest BCUT2D eigenvalue weighted by atomic mass is 32.2. The van der Waals surface area contributed by atoms with Crippen LogP contribution in [0.5, 0.6) is 11.5 Å². The molecule has 0 spiro atoms. The summed E-state index contributed by atoms with van der Waals surface area (Å²) in [5.74, 6) is -1.07. The van der Waals surface area contributed by atoms with Crippen molar-refractivity contribution in [3.05, 3.63) is 120 Å². The number of nitrogens with one attached hydrogen (secondary N) is 1. The molecule has 0 radical (unpaired) electrons. The fourth-order valence-electron chi connectivity index (χ4n) is 5.15. The van der Waals surface area contributed by atoms with Gasteiger partial charge in [-0.3, -0.25) is 13.9 Å². The molecule has 0 aromatic heterocycles. The van der Waals surface area contributed by atoms with Gasteiger partial charge in [0.15, 0.2) is 11.5 Å². The molecule has 4 aromatic rings. The Morgan fingerprint density at radius 2 is 1.52 bits per heavy atom. The molecular formula is C37H42FN3O6S. The van der Waals surface area contributed by atoms with Gasteiger partial charge in [-0.05, 0) is 56.2 Å². The van der Waals surface area contributed by atoms with Crippen molar-refractivity contribution in [2.75, 3.05) is 25.1 Å². The van der Waals surface area contributed by atoms with E-state index in [0.717, 1.165) is 15.4 Å². The van der Waals surface area contributed by atoms with Gasteiger partial charge in [-0.1, -0.05) is 73.2 Å². The summed E-state index contributed by atoms with van der Waals surface area (Å²) in [4.78, 5) is 29.8. The van der Waals surface area contributed by atoms with Crippen LogP contribution >= 0.6 is 0 Å². The average Bonchev–Trinajstić information content (AvgIpc) is 3.09. The van der Waals surface area contributed by atoms with Crippen molar-refractivity contribution in [1.82, 2.24) is 10.2 Å². The maximum Gasteiger partial charge on any atom is 0.264 e. The van der Waals surface area contributed by atoms with E-state index in [-0.39, 0.29) is 40.9 Å². The molecule has 0 aliphatic carbocycles. The fourth-order valence-corrected chi connectivity index (χ4v) is 6.56. The molecule has 2 atom stereocenters. The molecule has 2 amide bonds. The number of aryl methyl sites for hydroxylation is 1. The van der Waals surface area contributed by atoms with Crippen LogP contribution in [-0.2, 0) is 32.6 Å². The minimum Gasteiger partial charge on any atom is -0.493 e. The minimum absolute atomic E-state index is 0.0355. The molecule has 0 unspecified atom stereocenters. The number of carbonyl (C=O) groups is 2. The number of hydrogen-bond donors (Lipinski definition) is 1. The van der Waals surface area contributed by atoms with Crippen LogP contribution in [0.2, 0.25) is 0 Å². The van der Waals surface area contributed by atoms with Gasteiger partial charge in [0.25, 0.3) is 10.0 Å². The van der Waals surface area contributed by atoms with Crippen LogP contribution in [0.1, 0.15) is 37.0 Å². The first-order valence-corrected chi connectivity index (χ1v) is 17.1. The second-order valence-corrected chi connectivity index (χ2v) is 13.4. The first-order chi connectivity index (χ1) is 23.0. The van der Waals surface area contributed by atoms with Gasteiger partial charge in [0.05, 0.1) is 24.8 Å². The lowest BCUT2D eigenvalue weighted by molar-refractivity contribution is -0.140. The van der Waals surface area contributed by atoms with Crippen LogP contribution in [-0.4, -0.2) is 58.0 Å². The normalized spacial score (nSPS) is 12.5. The topological polar surface area (TPSA) is 105 Å². The molecule has 1 N–H and O–H groups in total. The highest BCUT2D eigenvalue weighted by molar-refractivity contribution is 7.92. The Labute approximate surface area is 282 Å². The molecule has 0 fully saturated rings. The first kappa shape index (κ1) is 35.9. The molecule has 0 saturated carbocycles. The summed E-state index contributed by atoms with van der Waals surface area (Å²) in [6, 6.07) is 24.7. The number of carbonyl (C=O) groups excluding carboxylic acids is 2. The summed E-state index contributed by atoms with van der Waals surface area (Å²) < 4.78 is 55.5. The van der Waals surface area contributed by atoms with Crippen LogP contribution < -0.4 is 19.1 Å². The van der Waals surface area contributed by atoms with E-state index < -0.39 is 40.2 Å². The van der Waals surface area contributed by atoms with E-state index in [0.29, 0.717) is 12.2 Å². The molecule has 11 heteroatoms. The Bertz CT molecular complexity index is 1800. The monoisotopic (exact) mass is 675 g/mol. The summed E-state index contributed by atoms with van der Waals surface area (Å²) in [5, 5.41) is 2.97. The Hall–Kier alpha value is -4.90. The Kier molecular flexibility index (Phi) is 12.2. The van der Waals surface area contributed by atoms with Gasteiger partial charge in [-0.25, -0.2) is 12.8 Å². The number of sulfonamides is 1. The van der Waals surface area contributed by atoms with Crippen molar-refractivity contribution in [2.45, 2.75) is 57.1 Å². The van der Waals surface area contributed by atoms with Crippen molar-refractivity contribution in [3.8, 4) is 11.5 Å². The quantitative estimate of drug-likeness (QED) is 0.168. The number of hydrogen-bond acceptors (Lipinski definition) is 6. The van der Waals surface area contributed by atoms with Crippen LogP contribution in [0, 0.1) is 12.7 Å². The van der Waals surface area contributed by atoms with Gasteiger partial charge in [-0.2, -0.15) is 0 Å². The van der Waals surface area contributed by atoms with E-state index in [4.69, 9.17) is 9.47 Å². The second kappa shape index (κ2) is 16.3. The lowest BCUT2D eigenvalue weighted by Crippen LogP contribution is -2.54. The van der Waals surface area contributed by atoms with Gasteiger partial charge in [-0.15, -0.1) is 0 Å². The number of amides is 2. The average molecular weight is 676 g/mol. The van der Waals surface area contributed by atoms with Gasteiger partial charge in [0.2, 0.25) is 11.8 Å². The maximum atomic E-state index is 15.1. The van der Waals surface area contributed by atoms with Crippen molar-refractivity contribution in [1.29, 1.82) is 0 Å². The highest BCUT2D eigenvalue weighted by Gasteiger charge is 2.35. The number of benzene rings is 4. The van der Waals surface area contributed by atoms with E-state index in [1.165, 1.54) is 61.6 Å². The summed E-state index contributed by atoms with van der Waals surface area (Å²) in [5.41, 5.74) is 1.95. The van der Waals surface area contributed by atoms with E-state index in [1.54, 1.807) is 24.3 Å². The van der Waals surface area contributed by atoms with Crippen molar-refractivity contribution in [2.24, 2.45) is 0 Å². The zero-order valence-electron chi connectivity index (χ0n) is 27.9. The number of nitrogens with zero attached hydrogens (tertiary/aromatic N) is 2. The Balaban J connectivity index is 1.86. The predicted molar refractivity (Wildman–Crippen MR) is 184 cm³/mol. The third-order valence-corrected chi connectivity index (χ3v) is 9.90. The molecule has 4 rings (SSSR count). The van der Waals surface area contributed by atoms with E-state index in [9.17, 15) is 18.0 Å². The molecule has 4 aromatic carbocycles. The lowest BCUT2D eigenvalue weighted by Gasteiger charge is -2.34. The molecule has 0 saturated heterocycles. The Morgan fingerprint density at radius 1 is 0.875 bits per heavy atom. The van der Waals surface area contributed by atoms with Gasteiger partial charge in [0.1, 0.15) is 18.4 Å². The molecule has 0 aliphatic heterocycles. The SMILES string of the molecule is CC[C@@H](C)NC(=O)[C@@H](Cc1ccccc1)N(Cc1ccccc1F)C(=O)CN(c1ccc(OC)c(OC)c1)S(=O)(=O)c1ccc(C)cc1.